The van der Waals surface area contributed by atoms with Gasteiger partial charge in [-0.1, -0.05) is 25.1 Å². The third-order valence-electron chi connectivity index (χ3n) is 2.99. The molecule has 2 aromatic rings. The first-order valence-corrected chi connectivity index (χ1v) is 7.67. The van der Waals surface area contributed by atoms with E-state index in [-0.39, 0.29) is 16.3 Å². The third kappa shape index (κ3) is 2.70. The van der Waals surface area contributed by atoms with Gasteiger partial charge in [0.2, 0.25) is 0 Å². The Hall–Kier alpha value is -2.21. The molecule has 0 aliphatic carbocycles. The molecule has 0 unspecified atom stereocenters. The van der Waals surface area contributed by atoms with E-state index >= 15 is 0 Å². The Morgan fingerprint density at radius 3 is 2.20 bits per heavy atom. The molecule has 0 amide bonds. The molecule has 0 atom stereocenters. The van der Waals surface area contributed by atoms with Gasteiger partial charge in [-0.25, -0.2) is 8.42 Å². The first-order chi connectivity index (χ1) is 9.45. The minimum absolute atomic E-state index is 0.0109. The monoisotopic (exact) mass is 291 g/mol. The Morgan fingerprint density at radius 1 is 1.05 bits per heavy atom. The minimum Gasteiger partial charge on any atom is -0.258 e. The van der Waals surface area contributed by atoms with Crippen molar-refractivity contribution in [2.45, 2.75) is 11.8 Å². The van der Waals surface area contributed by atoms with Crippen molar-refractivity contribution in [1.29, 1.82) is 0 Å². The predicted octanol–water partition coefficient (Wildman–Crippen LogP) is 3.06. The number of benzene rings is 2. The summed E-state index contributed by atoms with van der Waals surface area (Å²) in [4.78, 5) is 10.4. The second-order valence-corrected chi connectivity index (χ2v) is 6.45. The van der Waals surface area contributed by atoms with E-state index in [1.165, 1.54) is 12.1 Å². The number of rotatable bonds is 4. The summed E-state index contributed by atoms with van der Waals surface area (Å²) in [7, 11) is -3.34. The van der Waals surface area contributed by atoms with Crippen molar-refractivity contribution in [1.82, 2.24) is 0 Å². The lowest BCUT2D eigenvalue weighted by Crippen LogP contribution is -2.05. The number of non-ortho nitro benzene ring substituents is 1. The van der Waals surface area contributed by atoms with Gasteiger partial charge in [0.05, 0.1) is 15.6 Å². The fraction of sp³-hybridized carbons (Fsp3) is 0.143. The van der Waals surface area contributed by atoms with Gasteiger partial charge in [0.1, 0.15) is 0 Å². The summed E-state index contributed by atoms with van der Waals surface area (Å²) in [6, 6.07) is 12.5. The molecule has 0 bridgehead atoms. The molecule has 2 rings (SSSR count). The summed E-state index contributed by atoms with van der Waals surface area (Å²) in [5.41, 5.74) is 1.18. The maximum atomic E-state index is 12.1. The lowest BCUT2D eigenvalue weighted by atomic mass is 10.1. The van der Waals surface area contributed by atoms with Crippen molar-refractivity contribution < 1.29 is 13.3 Å². The molecule has 0 aliphatic heterocycles. The van der Waals surface area contributed by atoms with Crippen LogP contribution < -0.4 is 0 Å². The van der Waals surface area contributed by atoms with Gasteiger partial charge in [0.15, 0.2) is 9.84 Å². The van der Waals surface area contributed by atoms with Crippen molar-refractivity contribution in [2.75, 3.05) is 5.75 Å². The summed E-state index contributed by atoms with van der Waals surface area (Å²) in [6.45, 7) is 1.59. The maximum Gasteiger partial charge on any atom is 0.269 e. The normalized spacial score (nSPS) is 11.2. The first kappa shape index (κ1) is 14.2. The van der Waals surface area contributed by atoms with Crippen LogP contribution in [0.15, 0.2) is 53.4 Å². The van der Waals surface area contributed by atoms with E-state index in [0.29, 0.717) is 11.1 Å². The van der Waals surface area contributed by atoms with Gasteiger partial charge < -0.3 is 0 Å². The number of hydrogen-bond acceptors (Lipinski definition) is 4. The molecule has 0 aliphatic rings. The Kier molecular flexibility index (Phi) is 3.85. The van der Waals surface area contributed by atoms with Crippen molar-refractivity contribution >= 4 is 15.5 Å². The quantitative estimate of drug-likeness (QED) is 0.640. The van der Waals surface area contributed by atoms with E-state index in [2.05, 4.69) is 0 Å². The molecule has 6 heteroatoms. The Balaban J connectivity index is 2.56. The smallest absolute Gasteiger partial charge is 0.258 e. The topological polar surface area (TPSA) is 77.3 Å². The Bertz CT molecular complexity index is 736. The third-order valence-corrected chi connectivity index (χ3v) is 4.78. The average molecular weight is 291 g/mol. The Labute approximate surface area is 116 Å². The highest BCUT2D eigenvalue weighted by Gasteiger charge is 2.17. The van der Waals surface area contributed by atoms with E-state index in [9.17, 15) is 18.5 Å². The Morgan fingerprint density at radius 2 is 1.65 bits per heavy atom. The number of sulfone groups is 1. The predicted molar refractivity (Wildman–Crippen MR) is 76.3 cm³/mol. The van der Waals surface area contributed by atoms with E-state index in [0.717, 1.165) is 0 Å². The molecule has 2 aromatic carbocycles. The molecule has 0 heterocycles. The van der Waals surface area contributed by atoms with Gasteiger partial charge >= 0.3 is 0 Å². The van der Waals surface area contributed by atoms with Crippen LogP contribution in [0.4, 0.5) is 5.69 Å². The molecule has 0 spiro atoms. The van der Waals surface area contributed by atoms with Gasteiger partial charge in [-0.15, -0.1) is 0 Å². The summed E-state index contributed by atoms with van der Waals surface area (Å²) >= 11 is 0. The summed E-state index contributed by atoms with van der Waals surface area (Å²) in [5.74, 6) is 0.0109. The van der Waals surface area contributed by atoms with E-state index in [1.54, 1.807) is 43.3 Å². The van der Waals surface area contributed by atoms with Crippen LogP contribution in [0.2, 0.25) is 0 Å². The maximum absolute atomic E-state index is 12.1. The average Bonchev–Trinajstić information content (AvgIpc) is 2.47. The number of hydrogen-bond donors (Lipinski definition) is 0. The van der Waals surface area contributed by atoms with Crippen molar-refractivity contribution in [3.63, 3.8) is 0 Å². The number of nitrogens with zero attached hydrogens (tertiary/aromatic N) is 1. The molecule has 0 radical (unpaired) electrons. The van der Waals surface area contributed by atoms with Crippen LogP contribution in [0.5, 0.6) is 0 Å². The molecule has 0 saturated heterocycles. The van der Waals surface area contributed by atoms with Crippen LogP contribution in [-0.2, 0) is 9.84 Å². The standard InChI is InChI=1S/C14H13NO4S/c1-2-20(18,19)14-6-4-3-5-13(14)11-7-9-12(10-8-11)15(16)17/h3-10H,2H2,1H3. The van der Waals surface area contributed by atoms with E-state index in [4.69, 9.17) is 0 Å². The summed E-state index contributed by atoms with van der Waals surface area (Å²) in [5, 5.41) is 10.6. The summed E-state index contributed by atoms with van der Waals surface area (Å²) < 4.78 is 24.1. The molecule has 20 heavy (non-hydrogen) atoms. The fourth-order valence-electron chi connectivity index (χ4n) is 1.89. The largest absolute Gasteiger partial charge is 0.269 e. The van der Waals surface area contributed by atoms with E-state index < -0.39 is 14.8 Å². The lowest BCUT2D eigenvalue weighted by molar-refractivity contribution is -0.384. The van der Waals surface area contributed by atoms with Crippen LogP contribution in [0.3, 0.4) is 0 Å². The number of nitro benzene ring substituents is 1. The minimum atomic E-state index is -3.34. The van der Waals surface area contributed by atoms with Crippen LogP contribution in [0.1, 0.15) is 6.92 Å². The molecule has 0 aromatic heterocycles. The van der Waals surface area contributed by atoms with E-state index in [1.807, 2.05) is 0 Å². The van der Waals surface area contributed by atoms with Crippen molar-refractivity contribution in [2.24, 2.45) is 0 Å². The zero-order chi connectivity index (χ0) is 14.8. The van der Waals surface area contributed by atoms with Gasteiger partial charge in [0.25, 0.3) is 5.69 Å². The van der Waals surface area contributed by atoms with Gasteiger partial charge in [-0.3, -0.25) is 10.1 Å². The molecular weight excluding hydrogens is 278 g/mol. The molecule has 104 valence electrons. The summed E-state index contributed by atoms with van der Waals surface area (Å²) in [6.07, 6.45) is 0. The van der Waals surface area contributed by atoms with Gasteiger partial charge in [0, 0.05) is 17.7 Å². The second-order valence-electron chi connectivity index (χ2n) is 4.20. The molecule has 0 N–H and O–H groups in total. The lowest BCUT2D eigenvalue weighted by Gasteiger charge is -2.09. The van der Waals surface area contributed by atoms with Crippen LogP contribution in [0.25, 0.3) is 11.1 Å². The highest BCUT2D eigenvalue weighted by Crippen LogP contribution is 2.29. The molecule has 0 fully saturated rings. The molecular formula is C14H13NO4S. The highest BCUT2D eigenvalue weighted by molar-refractivity contribution is 7.91. The fourth-order valence-corrected chi connectivity index (χ4v) is 3.01. The van der Waals surface area contributed by atoms with Gasteiger partial charge in [-0.2, -0.15) is 0 Å². The van der Waals surface area contributed by atoms with Crippen LogP contribution in [-0.4, -0.2) is 19.1 Å². The highest BCUT2D eigenvalue weighted by atomic mass is 32.2. The van der Waals surface area contributed by atoms with Crippen LogP contribution >= 0.6 is 0 Å². The van der Waals surface area contributed by atoms with Crippen molar-refractivity contribution in [3.05, 3.63) is 58.6 Å². The zero-order valence-corrected chi connectivity index (χ0v) is 11.6. The molecule has 0 saturated carbocycles. The van der Waals surface area contributed by atoms with Crippen molar-refractivity contribution in [3.8, 4) is 11.1 Å². The zero-order valence-electron chi connectivity index (χ0n) is 10.8. The first-order valence-electron chi connectivity index (χ1n) is 6.02. The number of nitro groups is 1. The van der Waals surface area contributed by atoms with Crippen LogP contribution in [0, 0.1) is 10.1 Å². The SMILES string of the molecule is CCS(=O)(=O)c1ccccc1-c1ccc([N+](=O)[O-])cc1. The molecule has 5 nitrogen and oxygen atoms in total. The second kappa shape index (κ2) is 5.42. The van der Waals surface area contributed by atoms with Gasteiger partial charge in [-0.05, 0) is 23.8 Å².